The van der Waals surface area contributed by atoms with Crippen LogP contribution in [0.2, 0.25) is 0 Å². The number of nitrogens with zero attached hydrogens (tertiary/aromatic N) is 1. The number of benzene rings is 1. The van der Waals surface area contributed by atoms with Crippen LogP contribution in [-0.4, -0.2) is 17.4 Å². The molecular formula is C15H18N2O. The molecule has 0 saturated carbocycles. The van der Waals surface area contributed by atoms with Crippen LogP contribution in [0.25, 0.3) is 10.9 Å². The van der Waals surface area contributed by atoms with E-state index in [-0.39, 0.29) is 5.91 Å². The second-order valence-electron chi connectivity index (χ2n) is 4.49. The predicted octanol–water partition coefficient (Wildman–Crippen LogP) is 2.61. The number of aromatic nitrogens is 1. The van der Waals surface area contributed by atoms with Crippen molar-refractivity contribution in [1.82, 2.24) is 10.3 Å². The summed E-state index contributed by atoms with van der Waals surface area (Å²) in [5, 5.41) is 4.04. The number of carbonyl (C=O) groups is 1. The number of hydrogen-bond acceptors (Lipinski definition) is 2. The summed E-state index contributed by atoms with van der Waals surface area (Å²) in [6.07, 6.45) is 3.26. The Bertz CT molecular complexity index is 563. The molecule has 0 radical (unpaired) electrons. The topological polar surface area (TPSA) is 42.0 Å². The van der Waals surface area contributed by atoms with Crippen LogP contribution in [0, 0.1) is 6.92 Å². The second-order valence-corrected chi connectivity index (χ2v) is 4.49. The average molecular weight is 242 g/mol. The fourth-order valence-corrected chi connectivity index (χ4v) is 1.90. The van der Waals surface area contributed by atoms with E-state index in [1.165, 1.54) is 11.1 Å². The molecule has 0 aliphatic rings. The first-order valence-electron chi connectivity index (χ1n) is 6.31. The van der Waals surface area contributed by atoms with Gasteiger partial charge in [0.25, 0.3) is 0 Å². The number of rotatable bonds is 4. The minimum atomic E-state index is 0.101. The highest BCUT2D eigenvalue weighted by atomic mass is 16.1. The number of hydrogen-bond donors (Lipinski definition) is 1. The lowest BCUT2D eigenvalue weighted by molar-refractivity contribution is -0.120. The zero-order chi connectivity index (χ0) is 13.0. The van der Waals surface area contributed by atoms with Gasteiger partial charge in [0.1, 0.15) is 0 Å². The number of pyridine rings is 1. The van der Waals surface area contributed by atoms with Crippen LogP contribution >= 0.6 is 0 Å². The molecule has 0 saturated heterocycles. The van der Waals surface area contributed by atoms with Crippen LogP contribution in [-0.2, 0) is 11.2 Å². The third-order valence-electron chi connectivity index (χ3n) is 2.94. The number of carbonyl (C=O) groups excluding carboxylic acids is 1. The summed E-state index contributed by atoms with van der Waals surface area (Å²) >= 11 is 0. The predicted molar refractivity (Wildman–Crippen MR) is 73.5 cm³/mol. The highest BCUT2D eigenvalue weighted by molar-refractivity contribution is 5.79. The summed E-state index contributed by atoms with van der Waals surface area (Å²) in [5.41, 5.74) is 3.39. The van der Waals surface area contributed by atoms with Crippen LogP contribution in [0.4, 0.5) is 0 Å². The molecule has 0 aliphatic carbocycles. The smallest absolute Gasteiger partial charge is 0.219 e. The van der Waals surface area contributed by atoms with Crippen LogP contribution < -0.4 is 5.32 Å². The lowest BCUT2D eigenvalue weighted by Crippen LogP contribution is -2.24. The third-order valence-corrected chi connectivity index (χ3v) is 2.94. The summed E-state index contributed by atoms with van der Waals surface area (Å²) < 4.78 is 0. The summed E-state index contributed by atoms with van der Waals surface area (Å²) in [5.74, 6) is 0.101. The number of aryl methyl sites for hydroxylation is 1. The molecule has 0 spiro atoms. The first-order chi connectivity index (χ1) is 8.69. The Morgan fingerprint density at radius 3 is 2.94 bits per heavy atom. The Morgan fingerprint density at radius 1 is 1.33 bits per heavy atom. The molecule has 1 N–H and O–H groups in total. The van der Waals surface area contributed by atoms with Gasteiger partial charge in [-0.15, -0.1) is 0 Å². The average Bonchev–Trinajstić information content (AvgIpc) is 2.38. The highest BCUT2D eigenvalue weighted by Gasteiger charge is 2.00. The molecule has 3 nitrogen and oxygen atoms in total. The number of nitrogens with one attached hydrogen (secondary N) is 1. The third kappa shape index (κ3) is 3.06. The molecule has 1 aromatic carbocycles. The van der Waals surface area contributed by atoms with E-state index in [4.69, 9.17) is 0 Å². The van der Waals surface area contributed by atoms with Gasteiger partial charge in [-0.25, -0.2) is 0 Å². The molecule has 18 heavy (non-hydrogen) atoms. The van der Waals surface area contributed by atoms with Gasteiger partial charge in [0.2, 0.25) is 5.91 Å². The summed E-state index contributed by atoms with van der Waals surface area (Å²) in [4.78, 5) is 15.5. The molecule has 0 aliphatic heterocycles. The highest BCUT2D eigenvalue weighted by Crippen LogP contribution is 2.15. The van der Waals surface area contributed by atoms with Gasteiger partial charge < -0.3 is 5.32 Å². The second kappa shape index (κ2) is 5.63. The largest absolute Gasteiger partial charge is 0.356 e. The van der Waals surface area contributed by atoms with Crippen molar-refractivity contribution >= 4 is 16.8 Å². The van der Waals surface area contributed by atoms with Crippen LogP contribution in [0.1, 0.15) is 24.5 Å². The zero-order valence-electron chi connectivity index (χ0n) is 10.9. The van der Waals surface area contributed by atoms with Gasteiger partial charge in [0.05, 0.1) is 5.52 Å². The van der Waals surface area contributed by atoms with Crippen LogP contribution in [0.5, 0.6) is 0 Å². The van der Waals surface area contributed by atoms with E-state index in [1.54, 1.807) is 0 Å². The van der Waals surface area contributed by atoms with Crippen LogP contribution in [0.15, 0.2) is 30.5 Å². The van der Waals surface area contributed by atoms with Gasteiger partial charge >= 0.3 is 0 Å². The van der Waals surface area contributed by atoms with Gasteiger partial charge in [-0.05, 0) is 36.6 Å². The lowest BCUT2D eigenvalue weighted by Gasteiger charge is -2.05. The van der Waals surface area contributed by atoms with Crippen molar-refractivity contribution in [3.63, 3.8) is 0 Å². The zero-order valence-corrected chi connectivity index (χ0v) is 10.9. The molecule has 0 bridgehead atoms. The van der Waals surface area contributed by atoms with Crippen molar-refractivity contribution in [1.29, 1.82) is 0 Å². The summed E-state index contributed by atoms with van der Waals surface area (Å²) in [6, 6.07) is 8.41. The first-order valence-corrected chi connectivity index (χ1v) is 6.31. The minimum absolute atomic E-state index is 0.101. The summed E-state index contributed by atoms with van der Waals surface area (Å²) in [7, 11) is 0. The van der Waals surface area contributed by atoms with Crippen LogP contribution in [0.3, 0.4) is 0 Å². The molecule has 1 amide bonds. The van der Waals surface area contributed by atoms with E-state index in [1.807, 2.05) is 20.0 Å². The van der Waals surface area contributed by atoms with Crippen molar-refractivity contribution < 1.29 is 4.79 Å². The fourth-order valence-electron chi connectivity index (χ4n) is 1.90. The van der Waals surface area contributed by atoms with E-state index in [2.05, 4.69) is 34.6 Å². The first kappa shape index (κ1) is 12.6. The maximum Gasteiger partial charge on any atom is 0.219 e. The minimum Gasteiger partial charge on any atom is -0.356 e. The van der Waals surface area contributed by atoms with Crippen molar-refractivity contribution in [2.24, 2.45) is 0 Å². The number of amides is 1. The van der Waals surface area contributed by atoms with E-state index in [0.29, 0.717) is 13.0 Å². The molecular weight excluding hydrogens is 224 g/mol. The van der Waals surface area contributed by atoms with Gasteiger partial charge in [0.15, 0.2) is 0 Å². The van der Waals surface area contributed by atoms with Crippen molar-refractivity contribution in [3.05, 3.63) is 41.6 Å². The van der Waals surface area contributed by atoms with Gasteiger partial charge in [-0.2, -0.15) is 0 Å². The van der Waals surface area contributed by atoms with E-state index in [9.17, 15) is 4.79 Å². The standard InChI is InChI=1S/C15H18N2O/c1-3-15(18)16-7-6-12-4-5-13-8-11(2)10-17-14(13)9-12/h4-5,8-10H,3,6-7H2,1-2H3,(H,16,18). The molecule has 2 aromatic rings. The monoisotopic (exact) mass is 242 g/mol. The SMILES string of the molecule is CCC(=O)NCCc1ccc2cc(C)cnc2c1. The molecule has 1 aromatic heterocycles. The fraction of sp³-hybridized carbons (Fsp3) is 0.333. The van der Waals surface area contributed by atoms with E-state index >= 15 is 0 Å². The van der Waals surface area contributed by atoms with Crippen molar-refractivity contribution in [2.45, 2.75) is 26.7 Å². The summed E-state index contributed by atoms with van der Waals surface area (Å²) in [6.45, 7) is 4.59. The Balaban J connectivity index is 2.06. The molecule has 1 heterocycles. The number of fused-ring (bicyclic) bond motifs is 1. The van der Waals surface area contributed by atoms with Crippen molar-refractivity contribution in [2.75, 3.05) is 6.54 Å². The molecule has 0 unspecified atom stereocenters. The normalized spacial score (nSPS) is 10.6. The maximum atomic E-state index is 11.1. The van der Waals surface area contributed by atoms with Crippen molar-refractivity contribution in [3.8, 4) is 0 Å². The Hall–Kier alpha value is -1.90. The van der Waals surface area contributed by atoms with Gasteiger partial charge in [-0.3, -0.25) is 9.78 Å². The molecule has 0 fully saturated rings. The Morgan fingerprint density at radius 2 is 2.17 bits per heavy atom. The molecule has 0 atom stereocenters. The molecule has 2 rings (SSSR count). The quantitative estimate of drug-likeness (QED) is 0.895. The Labute approximate surface area is 107 Å². The lowest BCUT2D eigenvalue weighted by atomic mass is 10.1. The maximum absolute atomic E-state index is 11.1. The van der Waals surface area contributed by atoms with E-state index in [0.717, 1.165) is 17.3 Å². The molecule has 3 heteroatoms. The van der Waals surface area contributed by atoms with E-state index < -0.39 is 0 Å². The van der Waals surface area contributed by atoms with Gasteiger partial charge in [0, 0.05) is 24.5 Å². The Kier molecular flexibility index (Phi) is 3.92. The molecule has 94 valence electrons. The van der Waals surface area contributed by atoms with Gasteiger partial charge in [-0.1, -0.05) is 19.1 Å².